The summed E-state index contributed by atoms with van der Waals surface area (Å²) < 4.78 is 0. The van der Waals surface area contributed by atoms with Crippen LogP contribution in [0.4, 0.5) is 0 Å². The van der Waals surface area contributed by atoms with Crippen LogP contribution in [0, 0.1) is 5.92 Å². The molecule has 2 aliphatic heterocycles. The van der Waals surface area contributed by atoms with E-state index in [-0.39, 0.29) is 0 Å². The Kier molecular flexibility index (Phi) is 2.66. The molecule has 70 valence electrons. The largest absolute Gasteiger partial charge is 0.330 e. The van der Waals surface area contributed by atoms with E-state index >= 15 is 0 Å². The van der Waals surface area contributed by atoms with E-state index in [0.29, 0.717) is 0 Å². The molecule has 0 amide bonds. The van der Waals surface area contributed by atoms with Crippen molar-refractivity contribution in [2.45, 2.75) is 38.1 Å². The van der Waals surface area contributed by atoms with Gasteiger partial charge < -0.3 is 10.6 Å². The fraction of sp³-hybridized carbons (Fsp3) is 1.00. The molecule has 0 aromatic carbocycles. The lowest BCUT2D eigenvalue weighted by Gasteiger charge is -2.44. The highest BCUT2D eigenvalue weighted by molar-refractivity contribution is 4.87. The highest BCUT2D eigenvalue weighted by atomic mass is 15.2. The smallest absolute Gasteiger partial charge is 0.0136 e. The highest BCUT2D eigenvalue weighted by Crippen LogP contribution is 2.29. The third kappa shape index (κ3) is 1.50. The van der Waals surface area contributed by atoms with Gasteiger partial charge in [0.25, 0.3) is 0 Å². The van der Waals surface area contributed by atoms with E-state index in [1.807, 2.05) is 0 Å². The zero-order chi connectivity index (χ0) is 8.39. The first-order chi connectivity index (χ1) is 5.92. The lowest BCUT2D eigenvalue weighted by atomic mass is 9.84. The van der Waals surface area contributed by atoms with Crippen molar-refractivity contribution < 1.29 is 0 Å². The number of nitrogens with two attached hydrogens (primary N) is 1. The monoisotopic (exact) mass is 168 g/mol. The van der Waals surface area contributed by atoms with Gasteiger partial charge in [-0.1, -0.05) is 6.42 Å². The summed E-state index contributed by atoms with van der Waals surface area (Å²) in [7, 11) is 0. The van der Waals surface area contributed by atoms with Crippen molar-refractivity contribution in [2.24, 2.45) is 11.7 Å². The molecule has 0 aromatic rings. The average molecular weight is 168 g/mol. The van der Waals surface area contributed by atoms with E-state index in [9.17, 15) is 0 Å². The first kappa shape index (κ1) is 8.52. The molecule has 0 spiro atoms. The minimum atomic E-state index is 0.805. The van der Waals surface area contributed by atoms with Gasteiger partial charge in [-0.05, 0) is 51.2 Å². The van der Waals surface area contributed by atoms with E-state index in [1.54, 1.807) is 0 Å². The van der Waals surface area contributed by atoms with Crippen LogP contribution in [-0.4, -0.2) is 30.6 Å². The summed E-state index contributed by atoms with van der Waals surface area (Å²) >= 11 is 0. The van der Waals surface area contributed by atoms with E-state index in [1.165, 1.54) is 45.2 Å². The molecule has 2 aliphatic rings. The van der Waals surface area contributed by atoms with Gasteiger partial charge in [-0.3, -0.25) is 0 Å². The number of piperidine rings is 2. The van der Waals surface area contributed by atoms with Gasteiger partial charge in [-0.15, -0.1) is 0 Å². The van der Waals surface area contributed by atoms with Gasteiger partial charge in [0.05, 0.1) is 0 Å². The Morgan fingerprint density at radius 2 is 1.92 bits per heavy atom. The van der Waals surface area contributed by atoms with Gasteiger partial charge in [0.1, 0.15) is 0 Å². The van der Waals surface area contributed by atoms with Crippen LogP contribution >= 0.6 is 0 Å². The van der Waals surface area contributed by atoms with Gasteiger partial charge in [-0.2, -0.15) is 0 Å². The predicted molar refractivity (Wildman–Crippen MR) is 51.0 cm³/mol. The van der Waals surface area contributed by atoms with E-state index < -0.39 is 0 Å². The Morgan fingerprint density at radius 3 is 2.75 bits per heavy atom. The van der Waals surface area contributed by atoms with Crippen molar-refractivity contribution in [1.82, 2.24) is 4.90 Å². The van der Waals surface area contributed by atoms with E-state index in [0.717, 1.165) is 18.5 Å². The summed E-state index contributed by atoms with van der Waals surface area (Å²) in [6, 6.07) is 0.845. The van der Waals surface area contributed by atoms with Crippen LogP contribution < -0.4 is 5.73 Å². The maximum absolute atomic E-state index is 5.78. The van der Waals surface area contributed by atoms with Crippen LogP contribution in [-0.2, 0) is 0 Å². The Hall–Kier alpha value is -0.0800. The van der Waals surface area contributed by atoms with Gasteiger partial charge in [0.2, 0.25) is 0 Å². The van der Waals surface area contributed by atoms with Crippen molar-refractivity contribution in [3.8, 4) is 0 Å². The summed E-state index contributed by atoms with van der Waals surface area (Å²) in [5, 5.41) is 0. The zero-order valence-electron chi connectivity index (χ0n) is 7.84. The Morgan fingerprint density at radius 1 is 1.08 bits per heavy atom. The first-order valence-corrected chi connectivity index (χ1v) is 5.36. The fourth-order valence-electron chi connectivity index (χ4n) is 2.85. The lowest BCUT2D eigenvalue weighted by molar-refractivity contribution is 0.0632. The summed E-state index contributed by atoms with van der Waals surface area (Å²) in [6.45, 7) is 3.57. The highest BCUT2D eigenvalue weighted by Gasteiger charge is 2.31. The molecule has 2 heteroatoms. The third-order valence-corrected chi connectivity index (χ3v) is 3.53. The van der Waals surface area contributed by atoms with Crippen LogP contribution in [0.15, 0.2) is 0 Å². The second kappa shape index (κ2) is 3.75. The third-order valence-electron chi connectivity index (χ3n) is 3.53. The molecule has 0 unspecified atom stereocenters. The van der Waals surface area contributed by atoms with Gasteiger partial charge in [0.15, 0.2) is 0 Å². The Labute approximate surface area is 75.1 Å². The number of hydrogen-bond donors (Lipinski definition) is 1. The maximum Gasteiger partial charge on any atom is 0.0136 e. The predicted octanol–water partition coefficient (Wildman–Crippen LogP) is 1.21. The van der Waals surface area contributed by atoms with Crippen molar-refractivity contribution >= 4 is 0 Å². The summed E-state index contributed by atoms with van der Waals surface area (Å²) in [5.41, 5.74) is 5.78. The quantitative estimate of drug-likeness (QED) is 0.637. The Balaban J connectivity index is 1.99. The molecule has 2 nitrogen and oxygen atoms in total. The Bertz CT molecular complexity index is 138. The molecule has 0 aromatic heterocycles. The van der Waals surface area contributed by atoms with Gasteiger partial charge >= 0.3 is 0 Å². The van der Waals surface area contributed by atoms with Crippen molar-refractivity contribution in [3.05, 3.63) is 0 Å². The fourth-order valence-corrected chi connectivity index (χ4v) is 2.85. The molecular formula is C10H20N2. The molecule has 0 aliphatic carbocycles. The minimum absolute atomic E-state index is 0.805. The van der Waals surface area contributed by atoms with E-state index in [4.69, 9.17) is 5.73 Å². The van der Waals surface area contributed by atoms with Crippen LogP contribution in [0.1, 0.15) is 32.1 Å². The molecule has 2 atom stereocenters. The molecular weight excluding hydrogens is 148 g/mol. The maximum atomic E-state index is 5.78. The second-order valence-electron chi connectivity index (χ2n) is 4.24. The topological polar surface area (TPSA) is 29.3 Å². The molecule has 2 N–H and O–H groups in total. The van der Waals surface area contributed by atoms with Crippen molar-refractivity contribution in [3.63, 3.8) is 0 Å². The number of rotatable bonds is 1. The average Bonchev–Trinajstić information content (AvgIpc) is 2.17. The molecule has 2 saturated heterocycles. The first-order valence-electron chi connectivity index (χ1n) is 5.36. The molecule has 0 radical (unpaired) electrons. The van der Waals surface area contributed by atoms with Crippen LogP contribution in [0.2, 0.25) is 0 Å². The summed E-state index contributed by atoms with van der Waals surface area (Å²) in [4.78, 5) is 2.67. The van der Waals surface area contributed by atoms with E-state index in [2.05, 4.69) is 4.90 Å². The van der Waals surface area contributed by atoms with Gasteiger partial charge in [-0.25, -0.2) is 0 Å². The molecule has 0 bridgehead atoms. The molecule has 2 heterocycles. The number of fused-ring (bicyclic) bond motifs is 1. The van der Waals surface area contributed by atoms with Gasteiger partial charge in [0, 0.05) is 6.04 Å². The molecule has 0 saturated carbocycles. The zero-order valence-corrected chi connectivity index (χ0v) is 7.84. The molecule has 2 rings (SSSR count). The molecule has 2 fully saturated rings. The van der Waals surface area contributed by atoms with Crippen LogP contribution in [0.5, 0.6) is 0 Å². The number of nitrogens with zero attached hydrogens (tertiary/aromatic N) is 1. The van der Waals surface area contributed by atoms with Crippen LogP contribution in [0.25, 0.3) is 0 Å². The lowest BCUT2D eigenvalue weighted by Crippen LogP contribution is -2.49. The standard InChI is InChI=1S/C10H20N2/c11-8-9-4-3-7-12-6-2-1-5-10(9)12/h9-10H,1-8,11H2/t9-,10-/m0/s1. The van der Waals surface area contributed by atoms with Crippen LogP contribution in [0.3, 0.4) is 0 Å². The van der Waals surface area contributed by atoms with Crippen molar-refractivity contribution in [2.75, 3.05) is 19.6 Å². The SMILES string of the molecule is NC[C@@H]1CCCN2CCCC[C@@H]12. The summed E-state index contributed by atoms with van der Waals surface area (Å²) in [6.07, 6.45) is 6.99. The number of hydrogen-bond acceptors (Lipinski definition) is 2. The normalized spacial score (nSPS) is 37.8. The van der Waals surface area contributed by atoms with Crippen molar-refractivity contribution in [1.29, 1.82) is 0 Å². The summed E-state index contributed by atoms with van der Waals surface area (Å²) in [5.74, 6) is 0.805. The molecule has 12 heavy (non-hydrogen) atoms. The minimum Gasteiger partial charge on any atom is -0.330 e. The second-order valence-corrected chi connectivity index (χ2v) is 4.24.